The number of amides is 1. The third-order valence-electron chi connectivity index (χ3n) is 8.07. The van der Waals surface area contributed by atoms with Gasteiger partial charge < -0.3 is 15.8 Å². The van der Waals surface area contributed by atoms with Crippen molar-refractivity contribution in [1.29, 1.82) is 0 Å². The Bertz CT molecular complexity index is 1510. The Balaban J connectivity index is 0.000000178. The summed E-state index contributed by atoms with van der Waals surface area (Å²) in [4.78, 5) is 23.8. The van der Waals surface area contributed by atoms with Gasteiger partial charge in [0, 0.05) is 48.2 Å². The Labute approximate surface area is 250 Å². The quantitative estimate of drug-likeness (QED) is 0.370. The Morgan fingerprint density at radius 1 is 1.18 bits per heavy atom. The van der Waals surface area contributed by atoms with Crippen molar-refractivity contribution in [3.63, 3.8) is 0 Å². The van der Waals surface area contributed by atoms with Crippen molar-refractivity contribution in [2.45, 2.75) is 74.5 Å². The summed E-state index contributed by atoms with van der Waals surface area (Å²) in [5.41, 5.74) is 7.67. The van der Waals surface area contributed by atoms with Crippen LogP contribution in [0.5, 0.6) is 0 Å². The molecule has 2 aliphatic carbocycles. The standard InChI is InChI=1S/C15H20N2O3S.C11H12ClN3O.U/c1-10-6-11(2-3-13(10)16)21(19,20)12-7-15(8-12)4-5-17-14(18)9-15;12-9-5-7-6-13-14-10(7)15(11(9)16)8-3-1-2-4-8;/h2-3,6,12H,4-5,7-9,16H2,1H3,(H,17,18);5-6,8H,1-4H2,(H,13,14);/p-1. The number of hydrogen-bond acceptors (Lipinski definition) is 6. The number of benzene rings is 1. The van der Waals surface area contributed by atoms with E-state index in [1.165, 1.54) is 12.8 Å². The molecule has 1 aromatic carbocycles. The summed E-state index contributed by atoms with van der Waals surface area (Å²) in [5, 5.41) is 11.5. The van der Waals surface area contributed by atoms with Gasteiger partial charge in [0.05, 0.1) is 22.2 Å². The second-order valence-electron chi connectivity index (χ2n) is 10.6. The number of nitrogen functional groups attached to an aromatic ring is 1. The number of pyridine rings is 1. The molecule has 1 amide bonds. The van der Waals surface area contributed by atoms with E-state index < -0.39 is 9.84 Å². The maximum absolute atomic E-state index is 12.6. The van der Waals surface area contributed by atoms with Gasteiger partial charge >= 0.3 is 0 Å². The van der Waals surface area contributed by atoms with E-state index in [4.69, 9.17) is 17.3 Å². The van der Waals surface area contributed by atoms with Gasteiger partial charge in [-0.15, -0.1) is 6.54 Å². The number of nitrogens with two attached hydrogens (primary N) is 1. The van der Waals surface area contributed by atoms with Crippen molar-refractivity contribution in [2.24, 2.45) is 5.41 Å². The van der Waals surface area contributed by atoms with Crippen LogP contribution in [0.1, 0.15) is 63.0 Å². The largest absolute Gasteiger partial charge is 0.653 e. The zero-order valence-corrected chi connectivity index (χ0v) is 27.0. The van der Waals surface area contributed by atoms with Gasteiger partial charge in [-0.05, 0) is 74.3 Å². The summed E-state index contributed by atoms with van der Waals surface area (Å²) >= 11 is 5.95. The molecule has 3 fully saturated rings. The van der Waals surface area contributed by atoms with Gasteiger partial charge in [0.15, 0.2) is 9.84 Å². The van der Waals surface area contributed by atoms with Crippen LogP contribution in [0.3, 0.4) is 0 Å². The van der Waals surface area contributed by atoms with Crippen LogP contribution in [0, 0.1) is 43.5 Å². The van der Waals surface area contributed by atoms with E-state index in [9.17, 15) is 18.0 Å². The number of nitrogens with zero attached hydrogens (tertiary/aromatic N) is 3. The number of anilines is 1. The minimum atomic E-state index is -3.33. The van der Waals surface area contributed by atoms with E-state index in [2.05, 4.69) is 15.5 Å². The zero-order valence-electron chi connectivity index (χ0n) is 21.2. The van der Waals surface area contributed by atoms with Crippen molar-refractivity contribution in [1.82, 2.24) is 14.8 Å². The second kappa shape index (κ2) is 11.4. The minimum Gasteiger partial charge on any atom is -0.653 e. The van der Waals surface area contributed by atoms with Crippen molar-refractivity contribution >= 4 is 44.1 Å². The second-order valence-corrected chi connectivity index (χ2v) is 13.2. The number of rotatable bonds is 3. The molecule has 3 heterocycles. The van der Waals surface area contributed by atoms with Gasteiger partial charge in [-0.1, -0.05) is 30.9 Å². The topological polar surface area (TPSA) is 142 Å². The maximum Gasteiger partial charge on any atom is 0.271 e. The zero-order chi connectivity index (χ0) is 26.4. The van der Waals surface area contributed by atoms with Crippen LogP contribution in [-0.2, 0) is 14.6 Å². The fourth-order valence-corrected chi connectivity index (χ4v) is 8.23. The predicted molar refractivity (Wildman–Crippen MR) is 144 cm³/mol. The number of nitrogens with one attached hydrogen (secondary N) is 1. The number of carbonyl (C=O) groups is 1. The SMILES string of the molecule is Cc1cc(S(=O)(=O)C2CC3(CC[N-]C(=O)C3)C2)ccc1N.O=c1c(Cl)cc2cn[nH]c2n1C1CCCC1.[U]. The smallest absolute Gasteiger partial charge is 0.271 e. The molecule has 2 saturated carbocycles. The molecule has 3 aliphatic rings. The van der Waals surface area contributed by atoms with E-state index in [0.29, 0.717) is 36.4 Å². The molecular weight excluding hydrogens is 752 g/mol. The van der Waals surface area contributed by atoms with Crippen LogP contribution in [0.25, 0.3) is 16.4 Å². The summed E-state index contributed by atoms with van der Waals surface area (Å²) < 4.78 is 27.0. The van der Waals surface area contributed by atoms with Crippen molar-refractivity contribution in [3.8, 4) is 0 Å². The van der Waals surface area contributed by atoms with Crippen LogP contribution in [0.2, 0.25) is 5.02 Å². The van der Waals surface area contributed by atoms with Gasteiger partial charge in [0.1, 0.15) is 10.7 Å². The Kier molecular flexibility index (Phi) is 8.73. The van der Waals surface area contributed by atoms with E-state index >= 15 is 0 Å². The van der Waals surface area contributed by atoms with Crippen LogP contribution in [-0.4, -0.2) is 40.9 Å². The number of sulfone groups is 1. The van der Waals surface area contributed by atoms with Crippen molar-refractivity contribution in [3.05, 3.63) is 56.7 Å². The van der Waals surface area contributed by atoms with E-state index in [1.807, 2.05) is 0 Å². The molecule has 12 heteroatoms. The number of H-pyrrole nitrogens is 1. The first-order valence-corrected chi connectivity index (χ1v) is 14.6. The van der Waals surface area contributed by atoms with Gasteiger partial charge in [-0.25, -0.2) is 8.42 Å². The number of aryl methyl sites for hydroxylation is 1. The maximum atomic E-state index is 12.6. The number of halogens is 1. The fourth-order valence-electron chi connectivity index (χ4n) is 5.89. The molecule has 9 nitrogen and oxygen atoms in total. The number of aromatic amines is 1. The van der Waals surface area contributed by atoms with Crippen molar-refractivity contribution < 1.29 is 44.3 Å². The molecule has 1 aliphatic heterocycles. The van der Waals surface area contributed by atoms with E-state index in [0.717, 1.165) is 35.9 Å². The monoisotopic (exact) mass is 782 g/mol. The van der Waals surface area contributed by atoms with Gasteiger partial charge in [0.25, 0.3) is 5.56 Å². The Hall–Kier alpha value is -1.80. The average Bonchev–Trinajstić information content (AvgIpc) is 3.53. The number of hydrogen-bond donors (Lipinski definition) is 2. The summed E-state index contributed by atoms with van der Waals surface area (Å²) in [7, 11) is -3.33. The molecule has 0 radical (unpaired) electrons. The third kappa shape index (κ3) is 5.58. The molecule has 0 atom stereocenters. The van der Waals surface area contributed by atoms with Gasteiger partial charge in [0.2, 0.25) is 0 Å². The summed E-state index contributed by atoms with van der Waals surface area (Å²) in [5.74, 6) is -0.0829. The summed E-state index contributed by atoms with van der Waals surface area (Å²) in [6.07, 6.45) is 8.53. The number of piperidine rings is 1. The molecule has 3 N–H and O–H groups in total. The van der Waals surface area contributed by atoms with Crippen LogP contribution in [0.4, 0.5) is 5.69 Å². The summed E-state index contributed by atoms with van der Waals surface area (Å²) in [6, 6.07) is 6.80. The van der Waals surface area contributed by atoms with Crippen LogP contribution < -0.4 is 11.3 Å². The third-order valence-corrected chi connectivity index (χ3v) is 10.5. The molecule has 6 rings (SSSR count). The van der Waals surface area contributed by atoms with E-state index in [1.54, 1.807) is 42.0 Å². The van der Waals surface area contributed by atoms with E-state index in [-0.39, 0.29) is 64.3 Å². The number of carbonyl (C=O) groups excluding carboxylic acids is 1. The fraction of sp³-hybridized carbons (Fsp3) is 0.500. The molecule has 1 saturated heterocycles. The molecule has 38 heavy (non-hydrogen) atoms. The Morgan fingerprint density at radius 2 is 1.89 bits per heavy atom. The molecule has 0 unspecified atom stereocenters. The number of fused-ring (bicyclic) bond motifs is 1. The van der Waals surface area contributed by atoms with Crippen molar-refractivity contribution in [2.75, 3.05) is 12.3 Å². The molecule has 0 bridgehead atoms. The summed E-state index contributed by atoms with van der Waals surface area (Å²) in [6.45, 7) is 2.34. The first-order valence-electron chi connectivity index (χ1n) is 12.6. The Morgan fingerprint density at radius 3 is 2.55 bits per heavy atom. The predicted octanol–water partition coefficient (Wildman–Crippen LogP) is 4.69. The van der Waals surface area contributed by atoms with Crippen LogP contribution >= 0.6 is 11.6 Å². The average molecular weight is 783 g/mol. The number of aromatic nitrogens is 3. The molecule has 2 aromatic heterocycles. The minimum absolute atomic E-state index is 0. The first kappa shape index (κ1) is 29.2. The molecular formula is C26H31ClN5O4SU-. The van der Waals surface area contributed by atoms with Crippen LogP contribution in [0.15, 0.2) is 40.2 Å². The normalized spacial score (nSPS) is 23.3. The molecule has 1 spiro atoms. The van der Waals surface area contributed by atoms with Gasteiger partial charge in [-0.3, -0.25) is 14.5 Å². The molecule has 3 aromatic rings. The first-order chi connectivity index (χ1) is 17.6. The van der Waals surface area contributed by atoms with Gasteiger partial charge in [-0.2, -0.15) is 5.10 Å². The molecule has 202 valence electrons.